The van der Waals surface area contributed by atoms with Crippen LogP contribution >= 0.6 is 7.82 Å². The zero-order valence-electron chi connectivity index (χ0n) is 15.0. The molecule has 132 valence electrons. The van der Waals surface area contributed by atoms with Crippen molar-refractivity contribution >= 4 is 7.82 Å². The lowest BCUT2D eigenvalue weighted by molar-refractivity contribution is 0.145. The van der Waals surface area contributed by atoms with E-state index in [-0.39, 0.29) is 16.6 Å². The number of phenolic OH excluding ortho intramolecular Hbond substituents is 1. The number of hydrogen-bond acceptors (Lipinski definition) is 3. The maximum atomic E-state index is 11.0. The van der Waals surface area contributed by atoms with E-state index in [0.29, 0.717) is 6.42 Å². The van der Waals surface area contributed by atoms with Gasteiger partial charge in [0.1, 0.15) is 5.75 Å². The molecular weight excluding hydrogens is 315 g/mol. The van der Waals surface area contributed by atoms with E-state index in [2.05, 4.69) is 0 Å². The summed E-state index contributed by atoms with van der Waals surface area (Å²) in [6, 6.07) is 3.79. The molecule has 0 bridgehead atoms. The molecule has 0 aliphatic heterocycles. The molecule has 1 atom stereocenters. The second kappa shape index (κ2) is 6.56. The van der Waals surface area contributed by atoms with Crippen LogP contribution in [0.15, 0.2) is 12.1 Å². The highest BCUT2D eigenvalue weighted by Gasteiger charge is 2.27. The molecule has 3 N–H and O–H groups in total. The van der Waals surface area contributed by atoms with E-state index in [4.69, 9.17) is 14.3 Å². The third kappa shape index (κ3) is 5.92. The first-order valence-electron chi connectivity index (χ1n) is 7.72. The predicted molar refractivity (Wildman–Crippen MR) is 91.8 cm³/mol. The molecule has 1 aromatic carbocycles. The van der Waals surface area contributed by atoms with Gasteiger partial charge in [0, 0.05) is 0 Å². The van der Waals surface area contributed by atoms with E-state index in [9.17, 15) is 9.67 Å². The van der Waals surface area contributed by atoms with Crippen molar-refractivity contribution < 1.29 is 24.0 Å². The predicted octanol–water partition coefficient (Wildman–Crippen LogP) is 4.03. The second-order valence-corrected chi connectivity index (χ2v) is 9.34. The number of rotatable bonds is 4. The SMILES string of the molecule is CC(Cc1cc(C(C)(C)C)c(O)c(C(C)(C)C)c1)OP(=O)(O)O. The van der Waals surface area contributed by atoms with Gasteiger partial charge in [-0.2, -0.15) is 0 Å². The molecule has 0 aromatic heterocycles. The summed E-state index contributed by atoms with van der Waals surface area (Å²) in [6.07, 6.45) is -0.265. The lowest BCUT2D eigenvalue weighted by Gasteiger charge is -2.28. The highest BCUT2D eigenvalue weighted by Crippen LogP contribution is 2.41. The van der Waals surface area contributed by atoms with Crippen molar-refractivity contribution in [2.24, 2.45) is 0 Å². The fourth-order valence-corrected chi connectivity index (χ4v) is 3.10. The van der Waals surface area contributed by atoms with Gasteiger partial charge in [0.15, 0.2) is 0 Å². The molecule has 5 nitrogen and oxygen atoms in total. The van der Waals surface area contributed by atoms with Crippen molar-refractivity contribution in [3.05, 3.63) is 28.8 Å². The standard InChI is InChI=1S/C17H29O5P/c1-11(22-23(19,20)21)8-12-9-13(16(2,3)4)15(18)14(10-12)17(5,6)7/h9-11,18H,8H2,1-7H3,(H2,19,20,21). The minimum atomic E-state index is -4.51. The first kappa shape index (κ1) is 20.2. The van der Waals surface area contributed by atoms with Crippen LogP contribution in [0.5, 0.6) is 5.75 Å². The topological polar surface area (TPSA) is 87.0 Å². The van der Waals surface area contributed by atoms with Gasteiger partial charge in [-0.15, -0.1) is 0 Å². The van der Waals surface area contributed by atoms with Crippen molar-refractivity contribution in [3.8, 4) is 5.75 Å². The van der Waals surface area contributed by atoms with Gasteiger partial charge in [-0.1, -0.05) is 53.7 Å². The quantitative estimate of drug-likeness (QED) is 0.718. The Labute approximate surface area is 138 Å². The van der Waals surface area contributed by atoms with Crippen molar-refractivity contribution in [1.82, 2.24) is 0 Å². The molecule has 1 rings (SSSR count). The average molecular weight is 344 g/mol. The fraction of sp³-hybridized carbons (Fsp3) is 0.647. The lowest BCUT2D eigenvalue weighted by atomic mass is 9.78. The van der Waals surface area contributed by atoms with E-state index in [1.807, 2.05) is 53.7 Å². The summed E-state index contributed by atoms with van der Waals surface area (Å²) in [4.78, 5) is 17.9. The van der Waals surface area contributed by atoms with Crippen LogP contribution in [0.3, 0.4) is 0 Å². The molecule has 0 radical (unpaired) electrons. The van der Waals surface area contributed by atoms with Gasteiger partial charge in [0.2, 0.25) is 0 Å². The molecule has 23 heavy (non-hydrogen) atoms. The monoisotopic (exact) mass is 344 g/mol. The molecule has 0 amide bonds. The van der Waals surface area contributed by atoms with Crippen LogP contribution in [0.25, 0.3) is 0 Å². The molecule has 1 aromatic rings. The summed E-state index contributed by atoms with van der Waals surface area (Å²) in [7, 11) is -4.51. The number of aromatic hydroxyl groups is 1. The summed E-state index contributed by atoms with van der Waals surface area (Å²) < 4.78 is 15.7. The summed E-state index contributed by atoms with van der Waals surface area (Å²) in [5.74, 6) is 0.289. The van der Waals surface area contributed by atoms with Crippen LogP contribution in [0.2, 0.25) is 0 Å². The minimum absolute atomic E-state index is 0.243. The highest BCUT2D eigenvalue weighted by atomic mass is 31.2. The first-order valence-corrected chi connectivity index (χ1v) is 9.25. The van der Waals surface area contributed by atoms with E-state index >= 15 is 0 Å². The third-order valence-electron chi connectivity index (χ3n) is 3.63. The minimum Gasteiger partial charge on any atom is -0.507 e. The zero-order valence-corrected chi connectivity index (χ0v) is 15.9. The lowest BCUT2D eigenvalue weighted by Crippen LogP contribution is -2.19. The Morgan fingerprint density at radius 3 is 1.74 bits per heavy atom. The van der Waals surface area contributed by atoms with Crippen LogP contribution in [-0.4, -0.2) is 21.0 Å². The molecule has 0 spiro atoms. The Balaban J connectivity index is 3.31. The fourth-order valence-electron chi connectivity index (χ4n) is 2.56. The molecule has 0 saturated heterocycles. The number of phosphoric ester groups is 1. The van der Waals surface area contributed by atoms with Gasteiger partial charge in [-0.05, 0) is 40.9 Å². The van der Waals surface area contributed by atoms with Crippen LogP contribution in [0.4, 0.5) is 0 Å². The van der Waals surface area contributed by atoms with Crippen molar-refractivity contribution in [3.63, 3.8) is 0 Å². The van der Waals surface area contributed by atoms with Gasteiger partial charge in [-0.25, -0.2) is 4.57 Å². The number of benzene rings is 1. The van der Waals surface area contributed by atoms with Gasteiger partial charge in [0.05, 0.1) is 6.10 Å². The van der Waals surface area contributed by atoms with Crippen LogP contribution in [0, 0.1) is 0 Å². The maximum absolute atomic E-state index is 11.0. The number of phosphoric acid groups is 1. The van der Waals surface area contributed by atoms with E-state index in [1.54, 1.807) is 6.92 Å². The molecule has 6 heteroatoms. The van der Waals surface area contributed by atoms with Gasteiger partial charge in [0.25, 0.3) is 0 Å². The van der Waals surface area contributed by atoms with E-state index in [0.717, 1.165) is 16.7 Å². The molecule has 0 fully saturated rings. The smallest absolute Gasteiger partial charge is 0.469 e. The van der Waals surface area contributed by atoms with Crippen molar-refractivity contribution in [2.45, 2.75) is 71.8 Å². The normalized spacial score (nSPS) is 14.8. The highest BCUT2D eigenvalue weighted by molar-refractivity contribution is 7.46. The summed E-state index contributed by atoms with van der Waals surface area (Å²) >= 11 is 0. The van der Waals surface area contributed by atoms with E-state index < -0.39 is 13.9 Å². The summed E-state index contributed by atoms with van der Waals surface area (Å²) in [6.45, 7) is 13.8. The summed E-state index contributed by atoms with van der Waals surface area (Å²) in [5, 5.41) is 10.6. The Morgan fingerprint density at radius 1 is 1.04 bits per heavy atom. The van der Waals surface area contributed by atoms with Crippen LogP contribution in [0.1, 0.15) is 65.2 Å². The Bertz CT molecular complexity index is 569. The zero-order chi connectivity index (χ0) is 18.2. The molecule has 0 heterocycles. The molecule has 0 saturated carbocycles. The number of hydrogen-bond donors (Lipinski definition) is 3. The number of phenols is 1. The maximum Gasteiger partial charge on any atom is 0.469 e. The third-order valence-corrected chi connectivity index (χ3v) is 4.26. The van der Waals surface area contributed by atoms with Crippen molar-refractivity contribution in [1.29, 1.82) is 0 Å². The molecular formula is C17H29O5P. The Morgan fingerprint density at radius 2 is 1.43 bits per heavy atom. The molecule has 0 aliphatic rings. The van der Waals surface area contributed by atoms with Crippen LogP contribution < -0.4 is 0 Å². The van der Waals surface area contributed by atoms with Gasteiger partial charge >= 0.3 is 7.82 Å². The Hall–Kier alpha value is -0.870. The Kier molecular flexibility index (Phi) is 5.75. The largest absolute Gasteiger partial charge is 0.507 e. The van der Waals surface area contributed by atoms with Crippen molar-refractivity contribution in [2.75, 3.05) is 0 Å². The second-order valence-electron chi connectivity index (χ2n) is 8.15. The molecule has 0 aliphatic carbocycles. The average Bonchev–Trinajstić information content (AvgIpc) is 2.25. The summed E-state index contributed by atoms with van der Waals surface area (Å²) in [5.41, 5.74) is 2.05. The van der Waals surface area contributed by atoms with E-state index in [1.165, 1.54) is 0 Å². The first-order chi connectivity index (χ1) is 10.1. The van der Waals surface area contributed by atoms with Gasteiger partial charge < -0.3 is 14.9 Å². The van der Waals surface area contributed by atoms with Crippen LogP contribution in [-0.2, 0) is 26.3 Å². The van der Waals surface area contributed by atoms with Gasteiger partial charge in [-0.3, -0.25) is 4.52 Å². The molecule has 1 unspecified atom stereocenters.